The first kappa shape index (κ1) is 13.9. The molecule has 0 saturated carbocycles. The summed E-state index contributed by atoms with van der Waals surface area (Å²) in [7, 11) is -3.98. The molecule has 0 aliphatic carbocycles. The van der Waals surface area contributed by atoms with Crippen LogP contribution in [0.3, 0.4) is 0 Å². The van der Waals surface area contributed by atoms with Gasteiger partial charge in [-0.2, -0.15) is 0 Å². The van der Waals surface area contributed by atoms with Gasteiger partial charge < -0.3 is 10.5 Å². The molecule has 0 unspecified atom stereocenters. The molecule has 6 nitrogen and oxygen atoms in total. The number of nitrogen functional groups attached to an aromatic ring is 1. The maximum atomic E-state index is 11.9. The predicted molar refractivity (Wildman–Crippen MR) is 73.6 cm³/mol. The van der Waals surface area contributed by atoms with Crippen LogP contribution in [-0.4, -0.2) is 14.5 Å². The number of nitrogens with two attached hydrogens (primary N) is 1. The minimum Gasteiger partial charge on any atom is -0.410 e. The van der Waals surface area contributed by atoms with Crippen molar-refractivity contribution in [1.82, 2.24) is 4.72 Å². The molecule has 0 heterocycles. The molecule has 7 heteroatoms. The fraction of sp³-hybridized carbons (Fsp3) is 0. The van der Waals surface area contributed by atoms with Gasteiger partial charge >= 0.3 is 6.09 Å². The highest BCUT2D eigenvalue weighted by atomic mass is 32.2. The minimum atomic E-state index is -3.98. The second-order valence-electron chi connectivity index (χ2n) is 3.88. The van der Waals surface area contributed by atoms with Crippen molar-refractivity contribution in [2.45, 2.75) is 4.90 Å². The van der Waals surface area contributed by atoms with Crippen LogP contribution in [0.4, 0.5) is 10.5 Å². The summed E-state index contributed by atoms with van der Waals surface area (Å²) in [6.07, 6.45) is -1.08. The van der Waals surface area contributed by atoms with Gasteiger partial charge in [-0.25, -0.2) is 17.9 Å². The van der Waals surface area contributed by atoms with Gasteiger partial charge in [0.1, 0.15) is 5.75 Å². The van der Waals surface area contributed by atoms with Gasteiger partial charge in [-0.1, -0.05) is 18.2 Å². The molecular weight excluding hydrogens is 280 g/mol. The van der Waals surface area contributed by atoms with Crippen molar-refractivity contribution >= 4 is 21.8 Å². The van der Waals surface area contributed by atoms with Crippen molar-refractivity contribution in [2.75, 3.05) is 5.73 Å². The number of hydrogen-bond donors (Lipinski definition) is 2. The van der Waals surface area contributed by atoms with Crippen LogP contribution in [0.2, 0.25) is 0 Å². The van der Waals surface area contributed by atoms with E-state index in [0.717, 1.165) is 0 Å². The molecule has 0 aliphatic rings. The standard InChI is InChI=1S/C13H12N2O4S/c14-10-6-8-12(9-7-10)20(17,18)15-13(16)19-11-4-2-1-3-5-11/h1-9H,14H2,(H,15,16). The number of hydrogen-bond acceptors (Lipinski definition) is 5. The van der Waals surface area contributed by atoms with E-state index in [1.165, 1.54) is 36.4 Å². The summed E-state index contributed by atoms with van der Waals surface area (Å²) < 4.78 is 30.4. The van der Waals surface area contributed by atoms with E-state index >= 15 is 0 Å². The Morgan fingerprint density at radius 3 is 2.20 bits per heavy atom. The zero-order valence-electron chi connectivity index (χ0n) is 10.3. The molecule has 3 N–H and O–H groups in total. The van der Waals surface area contributed by atoms with Gasteiger partial charge in [-0.05, 0) is 36.4 Å². The lowest BCUT2D eigenvalue weighted by Crippen LogP contribution is -2.33. The van der Waals surface area contributed by atoms with Gasteiger partial charge in [0, 0.05) is 5.69 Å². The highest BCUT2D eigenvalue weighted by molar-refractivity contribution is 7.90. The maximum Gasteiger partial charge on any atom is 0.426 e. The van der Waals surface area contributed by atoms with Crippen LogP contribution in [0.25, 0.3) is 0 Å². The van der Waals surface area contributed by atoms with E-state index in [0.29, 0.717) is 5.69 Å². The normalized spacial score (nSPS) is 10.8. The van der Waals surface area contributed by atoms with Gasteiger partial charge in [0.25, 0.3) is 10.0 Å². The lowest BCUT2D eigenvalue weighted by Gasteiger charge is -2.07. The molecule has 2 aromatic carbocycles. The summed E-state index contributed by atoms with van der Waals surface area (Å²) >= 11 is 0. The Hall–Kier alpha value is -2.54. The van der Waals surface area contributed by atoms with E-state index in [4.69, 9.17) is 10.5 Å². The summed E-state index contributed by atoms with van der Waals surface area (Å²) in [5.41, 5.74) is 5.89. The fourth-order valence-corrected chi connectivity index (χ4v) is 2.31. The Morgan fingerprint density at radius 2 is 1.60 bits per heavy atom. The van der Waals surface area contributed by atoms with Gasteiger partial charge in [-0.15, -0.1) is 0 Å². The number of benzene rings is 2. The Kier molecular flexibility index (Phi) is 3.90. The van der Waals surface area contributed by atoms with E-state index < -0.39 is 16.1 Å². The highest BCUT2D eigenvalue weighted by Gasteiger charge is 2.18. The third-order valence-corrected chi connectivity index (χ3v) is 3.69. The van der Waals surface area contributed by atoms with Gasteiger partial charge in [-0.3, -0.25) is 0 Å². The third kappa shape index (κ3) is 3.48. The second kappa shape index (κ2) is 5.62. The number of anilines is 1. The SMILES string of the molecule is Nc1ccc(S(=O)(=O)NC(=O)Oc2ccccc2)cc1. The number of para-hydroxylation sites is 1. The Morgan fingerprint density at radius 1 is 1.00 bits per heavy atom. The van der Waals surface area contributed by atoms with E-state index in [-0.39, 0.29) is 10.6 Å². The quantitative estimate of drug-likeness (QED) is 0.840. The van der Waals surface area contributed by atoms with Gasteiger partial charge in [0.15, 0.2) is 0 Å². The van der Waals surface area contributed by atoms with Crippen LogP contribution in [0.5, 0.6) is 5.75 Å². The average molecular weight is 292 g/mol. The number of ether oxygens (including phenoxy) is 1. The fourth-order valence-electron chi connectivity index (χ4n) is 1.43. The molecular formula is C13H12N2O4S. The minimum absolute atomic E-state index is 0.0725. The number of rotatable bonds is 3. The topological polar surface area (TPSA) is 98.5 Å². The van der Waals surface area contributed by atoms with Crippen molar-refractivity contribution < 1.29 is 17.9 Å². The molecule has 0 aromatic heterocycles. The van der Waals surface area contributed by atoms with E-state index in [1.807, 2.05) is 4.72 Å². The van der Waals surface area contributed by atoms with Crippen molar-refractivity contribution in [1.29, 1.82) is 0 Å². The van der Waals surface area contributed by atoms with Crippen LogP contribution in [0.15, 0.2) is 59.5 Å². The lowest BCUT2D eigenvalue weighted by molar-refractivity contribution is 0.207. The summed E-state index contributed by atoms with van der Waals surface area (Å²) in [5.74, 6) is 0.248. The van der Waals surface area contributed by atoms with Crippen LogP contribution >= 0.6 is 0 Å². The third-order valence-electron chi connectivity index (χ3n) is 2.36. The molecule has 2 rings (SSSR count). The molecule has 0 aliphatic heterocycles. The number of carbonyl (C=O) groups excluding carboxylic acids is 1. The predicted octanol–water partition coefficient (Wildman–Crippen LogP) is 1.75. The molecule has 0 spiro atoms. The van der Waals surface area contributed by atoms with Crippen molar-refractivity contribution in [3.8, 4) is 5.75 Å². The highest BCUT2D eigenvalue weighted by Crippen LogP contribution is 2.12. The molecule has 20 heavy (non-hydrogen) atoms. The first-order valence-electron chi connectivity index (χ1n) is 5.62. The van der Waals surface area contributed by atoms with E-state index in [1.54, 1.807) is 18.2 Å². The lowest BCUT2D eigenvalue weighted by atomic mass is 10.3. The van der Waals surface area contributed by atoms with Crippen molar-refractivity contribution in [2.24, 2.45) is 0 Å². The average Bonchev–Trinajstić information content (AvgIpc) is 2.39. The van der Waals surface area contributed by atoms with Gasteiger partial charge in [0.05, 0.1) is 4.90 Å². The van der Waals surface area contributed by atoms with Crippen LogP contribution < -0.4 is 15.2 Å². The molecule has 0 fully saturated rings. The van der Waals surface area contributed by atoms with E-state index in [9.17, 15) is 13.2 Å². The Labute approximate surface area is 116 Å². The largest absolute Gasteiger partial charge is 0.426 e. The zero-order chi connectivity index (χ0) is 14.6. The van der Waals surface area contributed by atoms with Crippen LogP contribution in [0.1, 0.15) is 0 Å². The summed E-state index contributed by atoms with van der Waals surface area (Å²) in [5, 5.41) is 0. The number of sulfonamides is 1. The van der Waals surface area contributed by atoms with Crippen LogP contribution in [0, 0.1) is 0 Å². The monoisotopic (exact) mass is 292 g/mol. The Bertz CT molecular complexity index is 697. The smallest absolute Gasteiger partial charge is 0.410 e. The van der Waals surface area contributed by atoms with Crippen molar-refractivity contribution in [3.05, 3.63) is 54.6 Å². The molecule has 0 saturated heterocycles. The van der Waals surface area contributed by atoms with E-state index in [2.05, 4.69) is 0 Å². The van der Waals surface area contributed by atoms with Gasteiger partial charge in [0.2, 0.25) is 0 Å². The number of carbonyl (C=O) groups is 1. The van der Waals surface area contributed by atoms with Crippen LogP contribution in [-0.2, 0) is 10.0 Å². The molecule has 2 aromatic rings. The summed E-state index contributed by atoms with van der Waals surface area (Å²) in [6, 6.07) is 13.6. The number of amides is 1. The molecule has 0 atom stereocenters. The number of nitrogens with one attached hydrogen (secondary N) is 1. The summed E-state index contributed by atoms with van der Waals surface area (Å²) in [4.78, 5) is 11.5. The molecule has 1 amide bonds. The molecule has 0 bridgehead atoms. The first-order valence-corrected chi connectivity index (χ1v) is 7.11. The molecule has 0 radical (unpaired) electrons. The maximum absolute atomic E-state index is 11.9. The summed E-state index contributed by atoms with van der Waals surface area (Å²) in [6.45, 7) is 0. The zero-order valence-corrected chi connectivity index (χ0v) is 11.1. The molecule has 104 valence electrons. The second-order valence-corrected chi connectivity index (χ2v) is 5.56. The first-order chi connectivity index (χ1) is 9.47. The van der Waals surface area contributed by atoms with Crippen molar-refractivity contribution in [3.63, 3.8) is 0 Å². The Balaban J connectivity index is 2.08.